The SMILES string of the molecule is CCN(CC(=O)c1ccccc1Cl)C1CCNCC1. The monoisotopic (exact) mass is 280 g/mol. The van der Waals surface area contributed by atoms with Crippen LogP contribution in [0, 0.1) is 0 Å². The molecule has 0 unspecified atom stereocenters. The summed E-state index contributed by atoms with van der Waals surface area (Å²) in [5.74, 6) is 0.117. The van der Waals surface area contributed by atoms with Crippen LogP contribution in [0.1, 0.15) is 30.1 Å². The molecule has 2 rings (SSSR count). The average Bonchev–Trinajstić information content (AvgIpc) is 2.46. The van der Waals surface area contributed by atoms with Crippen molar-refractivity contribution in [1.29, 1.82) is 0 Å². The first-order valence-electron chi connectivity index (χ1n) is 6.95. The van der Waals surface area contributed by atoms with Crippen molar-refractivity contribution in [3.63, 3.8) is 0 Å². The van der Waals surface area contributed by atoms with Crippen molar-refractivity contribution in [2.45, 2.75) is 25.8 Å². The topological polar surface area (TPSA) is 32.3 Å². The van der Waals surface area contributed by atoms with Gasteiger partial charge in [-0.2, -0.15) is 0 Å². The first kappa shape index (κ1) is 14.5. The van der Waals surface area contributed by atoms with Crippen molar-refractivity contribution in [3.05, 3.63) is 34.9 Å². The molecule has 0 bridgehead atoms. The van der Waals surface area contributed by atoms with Gasteiger partial charge in [-0.05, 0) is 44.6 Å². The van der Waals surface area contributed by atoms with Crippen LogP contribution in [-0.2, 0) is 0 Å². The first-order chi connectivity index (χ1) is 9.22. The molecular formula is C15H21ClN2O. The molecule has 1 aliphatic heterocycles. The van der Waals surface area contributed by atoms with Crippen molar-refractivity contribution in [2.75, 3.05) is 26.2 Å². The summed E-state index contributed by atoms with van der Waals surface area (Å²) in [4.78, 5) is 14.6. The van der Waals surface area contributed by atoms with Crippen molar-refractivity contribution in [2.24, 2.45) is 0 Å². The van der Waals surface area contributed by atoms with Crippen molar-refractivity contribution in [3.8, 4) is 0 Å². The molecule has 4 heteroatoms. The summed E-state index contributed by atoms with van der Waals surface area (Å²) in [5.41, 5.74) is 0.636. The third kappa shape index (κ3) is 3.78. The number of benzene rings is 1. The molecule has 0 aliphatic carbocycles. The van der Waals surface area contributed by atoms with Crippen LogP contribution in [0.2, 0.25) is 5.02 Å². The Bertz CT molecular complexity index is 430. The van der Waals surface area contributed by atoms with E-state index in [1.54, 1.807) is 12.1 Å². The lowest BCUT2D eigenvalue weighted by atomic mass is 10.0. The number of piperidine rings is 1. The summed E-state index contributed by atoms with van der Waals surface area (Å²) in [6, 6.07) is 7.80. The number of Topliss-reactive ketones (excluding diaryl/α,β-unsaturated/α-hetero) is 1. The van der Waals surface area contributed by atoms with Gasteiger partial charge in [0.05, 0.1) is 11.6 Å². The van der Waals surface area contributed by atoms with Crippen LogP contribution in [0.25, 0.3) is 0 Å². The van der Waals surface area contributed by atoms with E-state index in [1.807, 2.05) is 12.1 Å². The predicted molar refractivity (Wildman–Crippen MR) is 78.9 cm³/mol. The second kappa shape index (κ2) is 7.04. The third-order valence-electron chi connectivity index (χ3n) is 3.75. The minimum Gasteiger partial charge on any atom is -0.317 e. The molecule has 19 heavy (non-hydrogen) atoms. The highest BCUT2D eigenvalue weighted by Crippen LogP contribution is 2.18. The molecular weight excluding hydrogens is 260 g/mol. The molecule has 0 amide bonds. The molecule has 0 radical (unpaired) electrons. The molecule has 104 valence electrons. The molecule has 1 heterocycles. The van der Waals surface area contributed by atoms with E-state index >= 15 is 0 Å². The highest BCUT2D eigenvalue weighted by molar-refractivity contribution is 6.34. The van der Waals surface area contributed by atoms with E-state index in [9.17, 15) is 4.79 Å². The van der Waals surface area contributed by atoms with Crippen LogP contribution in [0.5, 0.6) is 0 Å². The summed E-state index contributed by atoms with van der Waals surface area (Å²) in [6.45, 7) is 5.57. The number of ketones is 1. The molecule has 0 spiro atoms. The Morgan fingerprint density at radius 1 is 1.37 bits per heavy atom. The second-order valence-corrected chi connectivity index (χ2v) is 5.35. The Morgan fingerprint density at radius 3 is 2.68 bits per heavy atom. The fourth-order valence-electron chi connectivity index (χ4n) is 2.63. The summed E-state index contributed by atoms with van der Waals surface area (Å²) in [5, 5.41) is 3.90. The minimum absolute atomic E-state index is 0.117. The van der Waals surface area contributed by atoms with E-state index < -0.39 is 0 Å². The number of nitrogens with zero attached hydrogens (tertiary/aromatic N) is 1. The largest absolute Gasteiger partial charge is 0.317 e. The van der Waals surface area contributed by atoms with Gasteiger partial charge >= 0.3 is 0 Å². The maximum atomic E-state index is 12.3. The summed E-state index contributed by atoms with van der Waals surface area (Å²) in [6.07, 6.45) is 2.23. The van der Waals surface area contributed by atoms with E-state index in [-0.39, 0.29) is 5.78 Å². The Morgan fingerprint density at radius 2 is 2.05 bits per heavy atom. The zero-order valence-corrected chi connectivity index (χ0v) is 12.1. The molecule has 0 saturated carbocycles. The maximum absolute atomic E-state index is 12.3. The van der Waals surface area contributed by atoms with Gasteiger partial charge < -0.3 is 5.32 Å². The van der Waals surface area contributed by atoms with Gasteiger partial charge in [0, 0.05) is 11.6 Å². The molecule has 1 aromatic carbocycles. The van der Waals surface area contributed by atoms with Crippen LogP contribution in [0.15, 0.2) is 24.3 Å². The Balaban J connectivity index is 2.01. The number of hydrogen-bond acceptors (Lipinski definition) is 3. The lowest BCUT2D eigenvalue weighted by Crippen LogP contribution is -2.45. The number of carbonyl (C=O) groups excluding carboxylic acids is 1. The normalized spacial score (nSPS) is 16.8. The highest BCUT2D eigenvalue weighted by atomic mass is 35.5. The molecule has 1 saturated heterocycles. The van der Waals surface area contributed by atoms with E-state index in [0.29, 0.717) is 23.2 Å². The lowest BCUT2D eigenvalue weighted by molar-refractivity contribution is 0.0874. The lowest BCUT2D eigenvalue weighted by Gasteiger charge is -2.33. The fourth-order valence-corrected chi connectivity index (χ4v) is 2.87. The molecule has 3 nitrogen and oxygen atoms in total. The fraction of sp³-hybridized carbons (Fsp3) is 0.533. The van der Waals surface area contributed by atoms with E-state index in [1.165, 1.54) is 0 Å². The predicted octanol–water partition coefficient (Wildman–Crippen LogP) is 2.60. The Kier molecular flexibility index (Phi) is 5.37. The zero-order valence-electron chi connectivity index (χ0n) is 11.4. The molecule has 0 atom stereocenters. The van der Waals surface area contributed by atoms with Gasteiger partial charge in [0.15, 0.2) is 5.78 Å². The molecule has 1 aromatic rings. The molecule has 0 aromatic heterocycles. The van der Waals surface area contributed by atoms with Gasteiger partial charge in [-0.3, -0.25) is 9.69 Å². The van der Waals surface area contributed by atoms with E-state index in [0.717, 1.165) is 32.5 Å². The third-order valence-corrected chi connectivity index (χ3v) is 4.08. The quantitative estimate of drug-likeness (QED) is 0.842. The Hall–Kier alpha value is -0.900. The first-order valence-corrected chi connectivity index (χ1v) is 7.32. The zero-order chi connectivity index (χ0) is 13.7. The average molecular weight is 281 g/mol. The van der Waals surface area contributed by atoms with Gasteiger partial charge in [-0.1, -0.05) is 30.7 Å². The highest BCUT2D eigenvalue weighted by Gasteiger charge is 2.22. The van der Waals surface area contributed by atoms with Gasteiger partial charge in [-0.15, -0.1) is 0 Å². The summed E-state index contributed by atoms with van der Waals surface area (Å²) in [7, 11) is 0. The van der Waals surface area contributed by atoms with Crippen molar-refractivity contribution < 1.29 is 4.79 Å². The van der Waals surface area contributed by atoms with Crippen LogP contribution in [0.4, 0.5) is 0 Å². The van der Waals surface area contributed by atoms with Crippen LogP contribution >= 0.6 is 11.6 Å². The van der Waals surface area contributed by atoms with Crippen LogP contribution in [0.3, 0.4) is 0 Å². The number of hydrogen-bond donors (Lipinski definition) is 1. The summed E-state index contributed by atoms with van der Waals surface area (Å²) < 4.78 is 0. The maximum Gasteiger partial charge on any atom is 0.178 e. The number of rotatable bonds is 5. The van der Waals surface area contributed by atoms with Gasteiger partial charge in [-0.25, -0.2) is 0 Å². The molecule has 1 N–H and O–H groups in total. The second-order valence-electron chi connectivity index (χ2n) is 4.95. The Labute approximate surface area is 119 Å². The van der Waals surface area contributed by atoms with Gasteiger partial charge in [0.25, 0.3) is 0 Å². The molecule has 1 aliphatic rings. The van der Waals surface area contributed by atoms with Crippen LogP contribution < -0.4 is 5.32 Å². The van der Waals surface area contributed by atoms with Crippen LogP contribution in [-0.4, -0.2) is 42.9 Å². The number of nitrogens with one attached hydrogen (secondary N) is 1. The number of likely N-dealkylation sites (N-methyl/N-ethyl adjacent to an activating group) is 1. The number of halogens is 1. The minimum atomic E-state index is 0.117. The van der Waals surface area contributed by atoms with Gasteiger partial charge in [0.2, 0.25) is 0 Å². The summed E-state index contributed by atoms with van der Waals surface area (Å²) >= 11 is 6.08. The van der Waals surface area contributed by atoms with Crippen molar-refractivity contribution in [1.82, 2.24) is 10.2 Å². The van der Waals surface area contributed by atoms with Gasteiger partial charge in [0.1, 0.15) is 0 Å². The smallest absolute Gasteiger partial charge is 0.178 e. The van der Waals surface area contributed by atoms with Crippen molar-refractivity contribution >= 4 is 17.4 Å². The number of carbonyl (C=O) groups is 1. The standard InChI is InChI=1S/C15H21ClN2O/c1-2-18(12-7-9-17-10-8-12)11-15(19)13-5-3-4-6-14(13)16/h3-6,12,17H,2,7-11H2,1H3. The van der Waals surface area contributed by atoms with E-state index in [4.69, 9.17) is 11.6 Å². The van der Waals surface area contributed by atoms with E-state index in [2.05, 4.69) is 17.1 Å². The molecule has 1 fully saturated rings.